The molecule has 4 heterocycles. The van der Waals surface area contributed by atoms with E-state index in [1.807, 2.05) is 47.5 Å². The average molecular weight is 406 g/mol. The molecule has 7 nitrogen and oxygen atoms in total. The Hall–Kier alpha value is -2.93. The lowest BCUT2D eigenvalue weighted by molar-refractivity contribution is -0.123. The van der Waals surface area contributed by atoms with Gasteiger partial charge < -0.3 is 19.4 Å². The van der Waals surface area contributed by atoms with Gasteiger partial charge in [-0.1, -0.05) is 18.2 Å². The summed E-state index contributed by atoms with van der Waals surface area (Å²) in [5, 5.41) is 3.33. The lowest BCUT2D eigenvalue weighted by Crippen LogP contribution is -2.46. The van der Waals surface area contributed by atoms with Crippen molar-refractivity contribution in [2.24, 2.45) is 5.92 Å². The quantitative estimate of drug-likeness (QED) is 0.699. The van der Waals surface area contributed by atoms with Gasteiger partial charge in [0.1, 0.15) is 11.6 Å². The number of oxazole rings is 1. The van der Waals surface area contributed by atoms with Crippen LogP contribution in [0.2, 0.25) is 0 Å². The number of fused-ring (bicyclic) bond motifs is 1. The Morgan fingerprint density at radius 2 is 2.00 bits per heavy atom. The summed E-state index contributed by atoms with van der Waals surface area (Å²) in [6.07, 6.45) is 7.20. The van der Waals surface area contributed by atoms with Gasteiger partial charge in [0, 0.05) is 32.2 Å². The van der Waals surface area contributed by atoms with Crippen LogP contribution in [0.4, 0.5) is 6.01 Å². The van der Waals surface area contributed by atoms with Gasteiger partial charge in [0.2, 0.25) is 5.91 Å². The van der Waals surface area contributed by atoms with Gasteiger partial charge in [-0.3, -0.25) is 9.78 Å². The molecule has 0 aliphatic carbocycles. The summed E-state index contributed by atoms with van der Waals surface area (Å²) in [5.74, 6) is 0.362. The molecule has 0 saturated carbocycles. The summed E-state index contributed by atoms with van der Waals surface area (Å²) in [7, 11) is 0. The maximum absolute atomic E-state index is 13.4. The number of amides is 1. The van der Waals surface area contributed by atoms with Crippen LogP contribution in [0.3, 0.4) is 0 Å². The maximum Gasteiger partial charge on any atom is 0.299 e. The number of carbonyl (C=O) groups excluding carboxylic acids is 1. The summed E-state index contributed by atoms with van der Waals surface area (Å²) >= 11 is 0. The molecule has 2 aromatic heterocycles. The fraction of sp³-hybridized carbons (Fsp3) is 0.435. The highest BCUT2D eigenvalue weighted by Gasteiger charge is 2.36. The van der Waals surface area contributed by atoms with Crippen LogP contribution in [0.25, 0.3) is 11.1 Å². The van der Waals surface area contributed by atoms with Gasteiger partial charge in [-0.05, 0) is 55.4 Å². The first-order chi connectivity index (χ1) is 14.8. The van der Waals surface area contributed by atoms with E-state index in [1.54, 1.807) is 6.20 Å². The van der Waals surface area contributed by atoms with Crippen molar-refractivity contribution in [3.63, 3.8) is 0 Å². The third-order valence-electron chi connectivity index (χ3n) is 6.16. The predicted molar refractivity (Wildman–Crippen MR) is 113 cm³/mol. The van der Waals surface area contributed by atoms with Crippen LogP contribution in [0.15, 0.2) is 53.2 Å². The van der Waals surface area contributed by atoms with Crippen LogP contribution in [0, 0.1) is 5.92 Å². The molecule has 156 valence electrons. The van der Waals surface area contributed by atoms with Crippen molar-refractivity contribution in [1.82, 2.24) is 15.3 Å². The van der Waals surface area contributed by atoms with Crippen molar-refractivity contribution in [3.05, 3.63) is 54.4 Å². The smallest absolute Gasteiger partial charge is 0.299 e. The van der Waals surface area contributed by atoms with Crippen LogP contribution in [-0.4, -0.2) is 41.7 Å². The van der Waals surface area contributed by atoms with E-state index in [1.165, 1.54) is 0 Å². The first-order valence-electron chi connectivity index (χ1n) is 10.7. The molecule has 0 radical (unpaired) electrons. The third kappa shape index (κ3) is 3.77. The highest BCUT2D eigenvalue weighted by Crippen LogP contribution is 2.32. The van der Waals surface area contributed by atoms with Crippen molar-refractivity contribution in [3.8, 4) is 0 Å². The Morgan fingerprint density at radius 3 is 2.80 bits per heavy atom. The number of aromatic nitrogens is 2. The van der Waals surface area contributed by atoms with Crippen molar-refractivity contribution in [2.75, 3.05) is 24.7 Å². The SMILES string of the molecule is O=C(N[C@H](c1cccnc1)C1CCOCC1)[C@H]1CCCN1c1nc2ccccc2o1. The maximum atomic E-state index is 13.4. The fourth-order valence-electron chi connectivity index (χ4n) is 4.58. The van der Waals surface area contributed by atoms with Crippen LogP contribution < -0.4 is 10.2 Å². The number of anilines is 1. The molecular weight excluding hydrogens is 380 g/mol. The number of rotatable bonds is 5. The molecule has 2 aliphatic heterocycles. The van der Waals surface area contributed by atoms with E-state index in [9.17, 15) is 4.79 Å². The van der Waals surface area contributed by atoms with Gasteiger partial charge in [0.25, 0.3) is 6.01 Å². The zero-order valence-electron chi connectivity index (χ0n) is 16.9. The highest BCUT2D eigenvalue weighted by atomic mass is 16.5. The number of hydrogen-bond donors (Lipinski definition) is 1. The first kappa shape index (κ1) is 19.1. The third-order valence-corrected chi connectivity index (χ3v) is 6.16. The van der Waals surface area contributed by atoms with Crippen molar-refractivity contribution >= 4 is 23.0 Å². The molecule has 0 unspecified atom stereocenters. The fourth-order valence-corrected chi connectivity index (χ4v) is 4.58. The van der Waals surface area contributed by atoms with E-state index in [4.69, 9.17) is 9.15 Å². The second-order valence-corrected chi connectivity index (χ2v) is 8.04. The average Bonchev–Trinajstić information content (AvgIpc) is 3.45. The van der Waals surface area contributed by atoms with Gasteiger partial charge in [-0.2, -0.15) is 4.98 Å². The Morgan fingerprint density at radius 1 is 1.13 bits per heavy atom. The van der Waals surface area contributed by atoms with Crippen LogP contribution in [0.5, 0.6) is 0 Å². The Kier molecular flexibility index (Phi) is 5.36. The minimum Gasteiger partial charge on any atom is -0.423 e. The lowest BCUT2D eigenvalue weighted by Gasteiger charge is -2.33. The Balaban J connectivity index is 1.37. The molecule has 1 aromatic carbocycles. The van der Waals surface area contributed by atoms with E-state index in [0.717, 1.165) is 62.1 Å². The van der Waals surface area contributed by atoms with E-state index in [2.05, 4.69) is 15.3 Å². The standard InChI is InChI=1S/C23H26N4O3/c28-22(26-21(16-9-13-29-14-10-16)17-5-3-11-24-15-17)19-7-4-12-27(19)23-25-18-6-1-2-8-20(18)30-23/h1-3,5-6,8,11,15-16,19,21H,4,7,9-10,12-14H2,(H,26,28)/t19-,21+/m1/s1. The summed E-state index contributed by atoms with van der Waals surface area (Å²) in [5.41, 5.74) is 2.60. The molecule has 2 atom stereocenters. The van der Waals surface area contributed by atoms with E-state index < -0.39 is 0 Å². The summed E-state index contributed by atoms with van der Waals surface area (Å²) in [6.45, 7) is 2.23. The summed E-state index contributed by atoms with van der Waals surface area (Å²) < 4.78 is 11.5. The molecule has 1 amide bonds. The molecule has 1 N–H and O–H groups in total. The number of nitrogens with one attached hydrogen (secondary N) is 1. The topological polar surface area (TPSA) is 80.5 Å². The van der Waals surface area contributed by atoms with Crippen molar-refractivity contribution < 1.29 is 13.9 Å². The van der Waals surface area contributed by atoms with Gasteiger partial charge in [-0.15, -0.1) is 0 Å². The van der Waals surface area contributed by atoms with Crippen molar-refractivity contribution in [2.45, 2.75) is 37.8 Å². The molecule has 0 bridgehead atoms. The normalized spacial score (nSPS) is 21.1. The largest absolute Gasteiger partial charge is 0.423 e. The molecule has 5 rings (SSSR count). The zero-order chi connectivity index (χ0) is 20.3. The minimum atomic E-state index is -0.280. The Labute approximate surface area is 175 Å². The number of carbonyl (C=O) groups is 1. The predicted octanol–water partition coefficient (Wildman–Crippen LogP) is 3.48. The van der Waals surface area contributed by atoms with E-state index in [-0.39, 0.29) is 18.0 Å². The molecule has 2 fully saturated rings. The number of hydrogen-bond acceptors (Lipinski definition) is 6. The number of benzene rings is 1. The molecule has 2 saturated heterocycles. The van der Waals surface area contributed by atoms with Crippen molar-refractivity contribution in [1.29, 1.82) is 0 Å². The second kappa shape index (κ2) is 8.44. The molecule has 30 heavy (non-hydrogen) atoms. The molecule has 0 spiro atoms. The summed E-state index contributed by atoms with van der Waals surface area (Å²) in [4.78, 5) is 24.3. The number of nitrogens with zero attached hydrogens (tertiary/aromatic N) is 3. The monoisotopic (exact) mass is 406 g/mol. The minimum absolute atomic E-state index is 0.0232. The zero-order valence-corrected chi connectivity index (χ0v) is 16.9. The molecule has 7 heteroatoms. The van der Waals surface area contributed by atoms with Gasteiger partial charge in [-0.25, -0.2) is 0 Å². The number of para-hydroxylation sites is 2. The molecule has 3 aromatic rings. The van der Waals surface area contributed by atoms with Crippen LogP contribution in [-0.2, 0) is 9.53 Å². The molecule has 2 aliphatic rings. The van der Waals surface area contributed by atoms with Gasteiger partial charge >= 0.3 is 0 Å². The van der Waals surface area contributed by atoms with E-state index >= 15 is 0 Å². The van der Waals surface area contributed by atoms with Gasteiger partial charge in [0.15, 0.2) is 5.58 Å². The number of pyridine rings is 1. The van der Waals surface area contributed by atoms with Crippen LogP contribution >= 0.6 is 0 Å². The lowest BCUT2D eigenvalue weighted by atomic mass is 9.87. The second-order valence-electron chi connectivity index (χ2n) is 8.04. The summed E-state index contributed by atoms with van der Waals surface area (Å²) in [6, 6.07) is 11.8. The van der Waals surface area contributed by atoms with Crippen LogP contribution in [0.1, 0.15) is 37.3 Å². The highest BCUT2D eigenvalue weighted by molar-refractivity contribution is 5.86. The Bertz CT molecular complexity index is 967. The molecular formula is C23H26N4O3. The van der Waals surface area contributed by atoms with Gasteiger partial charge in [0.05, 0.1) is 6.04 Å². The number of ether oxygens (including phenoxy) is 1. The van der Waals surface area contributed by atoms with E-state index in [0.29, 0.717) is 11.9 Å². The first-order valence-corrected chi connectivity index (χ1v) is 10.7.